The van der Waals surface area contributed by atoms with Crippen LogP contribution < -0.4 is 5.73 Å². The minimum Gasteiger partial charge on any atom is -0.330 e. The average molecular weight is 277 g/mol. The van der Waals surface area contributed by atoms with E-state index in [0.717, 1.165) is 35.8 Å². The van der Waals surface area contributed by atoms with E-state index >= 15 is 0 Å². The molecule has 0 saturated carbocycles. The van der Waals surface area contributed by atoms with Crippen LogP contribution in [0.3, 0.4) is 0 Å². The smallest absolute Gasteiger partial charge is 0.131 e. The Hall–Kier alpha value is -0.910. The van der Waals surface area contributed by atoms with Gasteiger partial charge in [-0.15, -0.1) is 33.3 Å². The first kappa shape index (κ1) is 12.1. The highest BCUT2D eigenvalue weighted by atomic mass is 32.2. The fourth-order valence-electron chi connectivity index (χ4n) is 2.07. The molecule has 1 aliphatic rings. The number of hydrogen-bond donors (Lipinski definition) is 1. The monoisotopic (exact) mass is 277 g/mol. The van der Waals surface area contributed by atoms with Gasteiger partial charge in [0.1, 0.15) is 10.0 Å². The topological polar surface area (TPSA) is 51.8 Å². The van der Waals surface area contributed by atoms with Crippen LogP contribution in [0.2, 0.25) is 0 Å². The Labute approximate surface area is 115 Å². The number of aromatic nitrogens is 2. The highest BCUT2D eigenvalue weighted by Gasteiger charge is 2.26. The summed E-state index contributed by atoms with van der Waals surface area (Å²) in [6, 6.07) is 8.60. The van der Waals surface area contributed by atoms with Crippen molar-refractivity contribution in [3.8, 4) is 0 Å². The van der Waals surface area contributed by atoms with Gasteiger partial charge in [0.25, 0.3) is 0 Å². The average Bonchev–Trinajstić information content (AvgIpc) is 3.02. The van der Waals surface area contributed by atoms with Crippen LogP contribution in [-0.2, 0) is 12.8 Å². The van der Waals surface area contributed by atoms with E-state index in [4.69, 9.17) is 5.73 Å². The highest BCUT2D eigenvalue weighted by Crippen LogP contribution is 2.46. The van der Waals surface area contributed by atoms with Crippen LogP contribution >= 0.6 is 23.1 Å². The summed E-state index contributed by atoms with van der Waals surface area (Å²) in [5.74, 6) is 0. The van der Waals surface area contributed by atoms with Gasteiger partial charge in [-0.3, -0.25) is 0 Å². The zero-order valence-electron chi connectivity index (χ0n) is 10.0. The molecule has 94 valence electrons. The Morgan fingerprint density at radius 2 is 2.17 bits per heavy atom. The second-order valence-corrected chi connectivity index (χ2v) is 6.68. The van der Waals surface area contributed by atoms with Crippen LogP contribution in [0, 0.1) is 0 Å². The van der Waals surface area contributed by atoms with E-state index in [1.807, 2.05) is 11.8 Å². The first-order chi connectivity index (χ1) is 8.86. The Morgan fingerprint density at radius 1 is 1.28 bits per heavy atom. The van der Waals surface area contributed by atoms with Crippen molar-refractivity contribution in [1.82, 2.24) is 10.2 Å². The van der Waals surface area contributed by atoms with E-state index in [1.165, 1.54) is 10.5 Å². The fraction of sp³-hybridized carbons (Fsp3) is 0.385. The van der Waals surface area contributed by atoms with Gasteiger partial charge in [0.15, 0.2) is 0 Å². The molecule has 1 unspecified atom stereocenters. The summed E-state index contributed by atoms with van der Waals surface area (Å²) in [5.41, 5.74) is 6.95. The lowest BCUT2D eigenvalue weighted by Crippen LogP contribution is -1.99. The van der Waals surface area contributed by atoms with Crippen LogP contribution in [-0.4, -0.2) is 16.7 Å². The summed E-state index contributed by atoms with van der Waals surface area (Å²) in [7, 11) is 0. The number of nitrogens with two attached hydrogens (primary N) is 1. The number of rotatable bonds is 4. The number of thioether (sulfide) groups is 1. The van der Waals surface area contributed by atoms with Crippen LogP contribution in [0.1, 0.15) is 27.2 Å². The number of aryl methyl sites for hydroxylation is 1. The Kier molecular flexibility index (Phi) is 3.63. The number of hydrogen-bond acceptors (Lipinski definition) is 5. The van der Waals surface area contributed by atoms with Gasteiger partial charge in [-0.2, -0.15) is 0 Å². The van der Waals surface area contributed by atoms with Crippen LogP contribution in [0.5, 0.6) is 0 Å². The van der Waals surface area contributed by atoms with Gasteiger partial charge in [-0.1, -0.05) is 18.2 Å². The van der Waals surface area contributed by atoms with E-state index in [-0.39, 0.29) is 0 Å². The summed E-state index contributed by atoms with van der Waals surface area (Å²) in [6.45, 7) is 0.721. The lowest BCUT2D eigenvalue weighted by Gasteiger charge is -2.01. The predicted molar refractivity (Wildman–Crippen MR) is 76.0 cm³/mol. The number of nitrogens with zero attached hydrogens (tertiary/aromatic N) is 2. The summed E-state index contributed by atoms with van der Waals surface area (Å²) < 4.78 is 0. The summed E-state index contributed by atoms with van der Waals surface area (Å²) >= 11 is 3.65. The van der Waals surface area contributed by atoms with E-state index < -0.39 is 0 Å². The molecule has 2 heterocycles. The van der Waals surface area contributed by atoms with E-state index in [0.29, 0.717) is 5.25 Å². The highest BCUT2D eigenvalue weighted by molar-refractivity contribution is 8.00. The van der Waals surface area contributed by atoms with Crippen molar-refractivity contribution < 1.29 is 0 Å². The van der Waals surface area contributed by atoms with E-state index in [2.05, 4.69) is 34.5 Å². The molecule has 1 aromatic carbocycles. The molecule has 2 aromatic rings. The molecule has 0 bridgehead atoms. The molecule has 0 spiro atoms. The molecule has 3 rings (SSSR count). The molecule has 0 amide bonds. The Morgan fingerprint density at radius 3 is 3.00 bits per heavy atom. The van der Waals surface area contributed by atoms with Crippen molar-refractivity contribution in [3.05, 3.63) is 39.8 Å². The fourth-order valence-corrected chi connectivity index (χ4v) is 4.40. The molecule has 3 nitrogen and oxygen atoms in total. The standard InChI is InChI=1S/C13H15N3S2/c14-7-3-6-12-15-16-13(18-12)11-8-9-4-1-2-5-10(9)17-11/h1-2,4-5,11H,3,6-8,14H2. The first-order valence-corrected chi connectivity index (χ1v) is 7.83. The Balaban J connectivity index is 1.72. The molecule has 5 heteroatoms. The predicted octanol–water partition coefficient (Wildman–Crippen LogP) is 2.82. The minimum absolute atomic E-state index is 0.450. The van der Waals surface area contributed by atoms with Crippen molar-refractivity contribution in [2.45, 2.75) is 29.4 Å². The maximum atomic E-state index is 5.52. The van der Waals surface area contributed by atoms with Crippen molar-refractivity contribution in [2.24, 2.45) is 5.73 Å². The molecule has 2 N–H and O–H groups in total. The second-order valence-electron chi connectivity index (χ2n) is 4.34. The van der Waals surface area contributed by atoms with Gasteiger partial charge in [0.05, 0.1) is 5.25 Å². The van der Waals surface area contributed by atoms with Crippen LogP contribution in [0.15, 0.2) is 29.2 Å². The Bertz CT molecular complexity index is 514. The summed E-state index contributed by atoms with van der Waals surface area (Å²) in [4.78, 5) is 1.39. The molecular formula is C13H15N3S2. The van der Waals surface area contributed by atoms with Gasteiger partial charge >= 0.3 is 0 Å². The molecular weight excluding hydrogens is 262 g/mol. The van der Waals surface area contributed by atoms with Crippen molar-refractivity contribution >= 4 is 23.1 Å². The molecule has 1 aromatic heterocycles. The lowest BCUT2D eigenvalue weighted by molar-refractivity contribution is 0.805. The van der Waals surface area contributed by atoms with Crippen molar-refractivity contribution in [3.63, 3.8) is 0 Å². The van der Waals surface area contributed by atoms with Gasteiger partial charge < -0.3 is 5.73 Å². The summed E-state index contributed by atoms with van der Waals surface area (Å²) in [6.07, 6.45) is 3.03. The van der Waals surface area contributed by atoms with Gasteiger partial charge in [0, 0.05) is 11.3 Å². The zero-order chi connectivity index (χ0) is 12.4. The maximum absolute atomic E-state index is 5.52. The molecule has 0 fully saturated rings. The molecule has 1 atom stereocenters. The van der Waals surface area contributed by atoms with Crippen molar-refractivity contribution in [1.29, 1.82) is 0 Å². The zero-order valence-corrected chi connectivity index (χ0v) is 11.6. The van der Waals surface area contributed by atoms with Gasteiger partial charge in [-0.25, -0.2) is 0 Å². The minimum atomic E-state index is 0.450. The SMILES string of the molecule is NCCCc1nnc(C2Cc3ccccc3S2)s1. The largest absolute Gasteiger partial charge is 0.330 e. The normalized spacial score (nSPS) is 17.9. The number of fused-ring (bicyclic) bond motifs is 1. The van der Waals surface area contributed by atoms with Gasteiger partial charge in [0.2, 0.25) is 0 Å². The second kappa shape index (κ2) is 5.38. The first-order valence-electron chi connectivity index (χ1n) is 6.13. The van der Waals surface area contributed by atoms with Crippen molar-refractivity contribution in [2.75, 3.05) is 6.54 Å². The number of benzene rings is 1. The maximum Gasteiger partial charge on any atom is 0.131 e. The molecule has 1 aliphatic heterocycles. The van der Waals surface area contributed by atoms with E-state index in [1.54, 1.807) is 11.3 Å². The molecule has 18 heavy (non-hydrogen) atoms. The van der Waals surface area contributed by atoms with E-state index in [9.17, 15) is 0 Å². The molecule has 0 saturated heterocycles. The quantitative estimate of drug-likeness (QED) is 0.933. The lowest BCUT2D eigenvalue weighted by atomic mass is 10.1. The molecule has 0 radical (unpaired) electrons. The third-order valence-corrected chi connectivity index (χ3v) is 5.57. The third kappa shape index (κ3) is 2.43. The summed E-state index contributed by atoms with van der Waals surface area (Å²) in [5, 5.41) is 11.3. The van der Waals surface area contributed by atoms with Gasteiger partial charge in [-0.05, 0) is 31.0 Å². The third-order valence-electron chi connectivity index (χ3n) is 3.00. The molecule has 0 aliphatic carbocycles. The van der Waals surface area contributed by atoms with Crippen LogP contribution in [0.4, 0.5) is 0 Å². The van der Waals surface area contributed by atoms with Crippen LogP contribution in [0.25, 0.3) is 0 Å².